The van der Waals surface area contributed by atoms with E-state index in [1.165, 1.54) is 21.3 Å². The van der Waals surface area contributed by atoms with Crippen LogP contribution in [0, 0.1) is 5.41 Å². The number of nitrogens with zero attached hydrogens (tertiary/aromatic N) is 1. The number of carbonyl (C=O) groups excluding carboxylic acids is 2. The van der Waals surface area contributed by atoms with Crippen LogP contribution in [0.25, 0.3) is 0 Å². The first-order valence-electron chi connectivity index (χ1n) is 9.36. The third-order valence-electron chi connectivity index (χ3n) is 5.13. The number of anilines is 1. The van der Waals surface area contributed by atoms with Gasteiger partial charge in [-0.15, -0.1) is 0 Å². The highest BCUT2D eigenvalue weighted by molar-refractivity contribution is 6.13. The summed E-state index contributed by atoms with van der Waals surface area (Å²) in [5.74, 6) is 0.801. The minimum atomic E-state index is -1.02. The molecular formula is C22H26N2O5. The van der Waals surface area contributed by atoms with Crippen molar-refractivity contribution in [1.29, 1.82) is 0 Å². The molecule has 0 unspecified atom stereocenters. The zero-order valence-electron chi connectivity index (χ0n) is 17.2. The molecule has 7 nitrogen and oxygen atoms in total. The molecule has 29 heavy (non-hydrogen) atoms. The topological polar surface area (TPSA) is 77.1 Å². The van der Waals surface area contributed by atoms with Crippen molar-refractivity contribution in [2.24, 2.45) is 5.41 Å². The SMILES string of the molecule is COc1cc(NC(=O)C2(C(=O)N(C)Cc3ccccc3)CC2)cc(OC)c1OC. The van der Waals surface area contributed by atoms with Gasteiger partial charge in [0.1, 0.15) is 5.41 Å². The maximum atomic E-state index is 13.0. The molecule has 0 spiro atoms. The first-order chi connectivity index (χ1) is 13.9. The summed E-state index contributed by atoms with van der Waals surface area (Å²) in [5.41, 5.74) is 0.475. The summed E-state index contributed by atoms with van der Waals surface area (Å²) in [6.07, 6.45) is 1.06. The average molecular weight is 398 g/mol. The number of hydrogen-bond acceptors (Lipinski definition) is 5. The highest BCUT2D eigenvalue weighted by Gasteiger charge is 2.57. The number of benzene rings is 2. The van der Waals surface area contributed by atoms with Gasteiger partial charge in [-0.05, 0) is 18.4 Å². The van der Waals surface area contributed by atoms with Crippen molar-refractivity contribution in [3.05, 3.63) is 48.0 Å². The summed E-state index contributed by atoms with van der Waals surface area (Å²) in [5, 5.41) is 2.84. The van der Waals surface area contributed by atoms with Crippen LogP contribution in [0.2, 0.25) is 0 Å². The van der Waals surface area contributed by atoms with Gasteiger partial charge in [0, 0.05) is 31.4 Å². The molecule has 1 fully saturated rings. The fourth-order valence-electron chi connectivity index (χ4n) is 3.36. The molecule has 2 aromatic carbocycles. The van der Waals surface area contributed by atoms with E-state index in [1.54, 1.807) is 24.1 Å². The Kier molecular flexibility index (Phi) is 5.96. The summed E-state index contributed by atoms with van der Waals surface area (Å²) in [6.45, 7) is 0.457. The Morgan fingerprint density at radius 3 is 2.07 bits per heavy atom. The van der Waals surface area contributed by atoms with Gasteiger partial charge in [-0.1, -0.05) is 30.3 Å². The highest BCUT2D eigenvalue weighted by Crippen LogP contribution is 2.49. The van der Waals surface area contributed by atoms with Crippen molar-refractivity contribution >= 4 is 17.5 Å². The van der Waals surface area contributed by atoms with Crippen LogP contribution in [-0.4, -0.2) is 45.1 Å². The van der Waals surface area contributed by atoms with Crippen molar-refractivity contribution in [2.75, 3.05) is 33.7 Å². The van der Waals surface area contributed by atoms with E-state index >= 15 is 0 Å². The lowest BCUT2D eigenvalue weighted by Gasteiger charge is -2.23. The summed E-state index contributed by atoms with van der Waals surface area (Å²) in [4.78, 5) is 27.6. The zero-order valence-corrected chi connectivity index (χ0v) is 17.2. The summed E-state index contributed by atoms with van der Waals surface area (Å²) in [7, 11) is 6.25. The van der Waals surface area contributed by atoms with E-state index in [9.17, 15) is 9.59 Å². The van der Waals surface area contributed by atoms with Gasteiger partial charge in [0.2, 0.25) is 17.6 Å². The second kappa shape index (κ2) is 8.43. The maximum absolute atomic E-state index is 13.0. The summed E-state index contributed by atoms with van der Waals surface area (Å²) >= 11 is 0. The largest absolute Gasteiger partial charge is 0.493 e. The number of amides is 2. The number of methoxy groups -OCH3 is 3. The molecule has 1 aliphatic carbocycles. The molecule has 0 aliphatic heterocycles. The van der Waals surface area contributed by atoms with Crippen LogP contribution in [0.5, 0.6) is 17.2 Å². The Hall–Kier alpha value is -3.22. The molecule has 0 radical (unpaired) electrons. The molecule has 2 amide bonds. The van der Waals surface area contributed by atoms with Gasteiger partial charge >= 0.3 is 0 Å². The molecule has 0 aromatic heterocycles. The van der Waals surface area contributed by atoms with Crippen molar-refractivity contribution in [1.82, 2.24) is 4.90 Å². The summed E-state index contributed by atoms with van der Waals surface area (Å²) < 4.78 is 15.9. The number of nitrogens with one attached hydrogen (secondary N) is 1. The first-order valence-corrected chi connectivity index (χ1v) is 9.36. The van der Waals surface area contributed by atoms with E-state index in [4.69, 9.17) is 14.2 Å². The minimum absolute atomic E-state index is 0.175. The Morgan fingerprint density at radius 2 is 1.59 bits per heavy atom. The van der Waals surface area contributed by atoms with Crippen LogP contribution in [0.15, 0.2) is 42.5 Å². The Labute approximate surface area is 170 Å². The Bertz CT molecular complexity index is 868. The van der Waals surface area contributed by atoms with Gasteiger partial charge < -0.3 is 24.4 Å². The molecule has 1 saturated carbocycles. The van der Waals surface area contributed by atoms with Gasteiger partial charge in [0.15, 0.2) is 11.5 Å². The fraction of sp³-hybridized carbons (Fsp3) is 0.364. The Balaban J connectivity index is 1.75. The summed E-state index contributed by atoms with van der Waals surface area (Å²) in [6, 6.07) is 13.0. The van der Waals surface area contributed by atoms with Crippen LogP contribution < -0.4 is 19.5 Å². The van der Waals surface area contributed by atoms with Crippen LogP contribution in [-0.2, 0) is 16.1 Å². The number of hydrogen-bond donors (Lipinski definition) is 1. The molecule has 1 N–H and O–H groups in total. The van der Waals surface area contributed by atoms with Crippen molar-refractivity contribution in [3.63, 3.8) is 0 Å². The quantitative estimate of drug-likeness (QED) is 0.692. The van der Waals surface area contributed by atoms with Crippen molar-refractivity contribution in [3.8, 4) is 17.2 Å². The third-order valence-corrected chi connectivity index (χ3v) is 5.13. The normalized spacial score (nSPS) is 13.9. The smallest absolute Gasteiger partial charge is 0.240 e. The number of carbonyl (C=O) groups is 2. The van der Waals surface area contributed by atoms with Crippen molar-refractivity contribution in [2.45, 2.75) is 19.4 Å². The predicted molar refractivity (Wildman–Crippen MR) is 109 cm³/mol. The predicted octanol–water partition coefficient (Wildman–Crippen LogP) is 3.09. The standard InChI is InChI=1S/C22H26N2O5/c1-24(14-15-8-6-5-7-9-15)21(26)22(10-11-22)20(25)23-16-12-17(27-2)19(29-4)18(13-16)28-3/h5-9,12-13H,10-11,14H2,1-4H3,(H,23,25). The zero-order chi connectivity index (χ0) is 21.0. The van der Waals surface area contributed by atoms with E-state index in [0.29, 0.717) is 42.3 Å². The van der Waals surface area contributed by atoms with E-state index < -0.39 is 5.41 Å². The molecule has 0 bridgehead atoms. The second-order valence-corrected chi connectivity index (χ2v) is 7.10. The van der Waals surface area contributed by atoms with Gasteiger partial charge in [-0.3, -0.25) is 9.59 Å². The van der Waals surface area contributed by atoms with Gasteiger partial charge in [-0.25, -0.2) is 0 Å². The first kappa shape index (κ1) is 20.5. The van der Waals surface area contributed by atoms with Gasteiger partial charge in [0.25, 0.3) is 0 Å². The maximum Gasteiger partial charge on any atom is 0.240 e. The van der Waals surface area contributed by atoms with E-state index in [-0.39, 0.29) is 11.8 Å². The second-order valence-electron chi connectivity index (χ2n) is 7.10. The van der Waals surface area contributed by atoms with Crippen LogP contribution >= 0.6 is 0 Å². The van der Waals surface area contributed by atoms with E-state index in [0.717, 1.165) is 5.56 Å². The lowest BCUT2D eigenvalue weighted by molar-refractivity contribution is -0.141. The molecule has 0 atom stereocenters. The molecule has 1 aliphatic rings. The van der Waals surface area contributed by atoms with Crippen LogP contribution in [0.1, 0.15) is 18.4 Å². The Morgan fingerprint density at radius 1 is 1.00 bits per heavy atom. The van der Waals surface area contributed by atoms with E-state index in [2.05, 4.69) is 5.32 Å². The van der Waals surface area contributed by atoms with Crippen LogP contribution in [0.3, 0.4) is 0 Å². The van der Waals surface area contributed by atoms with Crippen LogP contribution in [0.4, 0.5) is 5.69 Å². The molecule has 7 heteroatoms. The van der Waals surface area contributed by atoms with Crippen molar-refractivity contribution < 1.29 is 23.8 Å². The molecule has 2 aromatic rings. The number of ether oxygens (including phenoxy) is 3. The fourth-order valence-corrected chi connectivity index (χ4v) is 3.36. The lowest BCUT2D eigenvalue weighted by Crippen LogP contribution is -2.40. The molecule has 0 heterocycles. The average Bonchev–Trinajstić information content (AvgIpc) is 3.55. The molecule has 0 saturated heterocycles. The lowest BCUT2D eigenvalue weighted by atomic mass is 10.0. The molecule has 3 rings (SSSR count). The monoisotopic (exact) mass is 398 g/mol. The molecular weight excluding hydrogens is 372 g/mol. The highest BCUT2D eigenvalue weighted by atomic mass is 16.5. The van der Waals surface area contributed by atoms with E-state index in [1.807, 2.05) is 30.3 Å². The number of rotatable bonds is 8. The minimum Gasteiger partial charge on any atom is -0.493 e. The third kappa shape index (κ3) is 4.13. The van der Waals surface area contributed by atoms with Gasteiger partial charge in [-0.2, -0.15) is 0 Å². The van der Waals surface area contributed by atoms with Gasteiger partial charge in [0.05, 0.1) is 21.3 Å². The molecule has 154 valence electrons.